The van der Waals surface area contributed by atoms with Crippen molar-refractivity contribution in [2.75, 3.05) is 44.0 Å². The molecule has 0 amide bonds. The summed E-state index contributed by atoms with van der Waals surface area (Å²) in [5.41, 5.74) is 1.24. The summed E-state index contributed by atoms with van der Waals surface area (Å²) in [6.45, 7) is 5.79. The van der Waals surface area contributed by atoms with Crippen molar-refractivity contribution in [1.29, 1.82) is 0 Å². The molecular weight excluding hydrogens is 482 g/mol. The van der Waals surface area contributed by atoms with E-state index in [1.165, 1.54) is 17.7 Å². The fourth-order valence-corrected chi connectivity index (χ4v) is 6.47. The molecule has 1 aliphatic heterocycles. The molecule has 6 nitrogen and oxygen atoms in total. The quantitative estimate of drug-likeness (QED) is 0.455. The summed E-state index contributed by atoms with van der Waals surface area (Å²) >= 11 is 6.07. The van der Waals surface area contributed by atoms with Crippen LogP contribution in [0.4, 0.5) is 0 Å². The third-order valence-corrected chi connectivity index (χ3v) is 9.11. The summed E-state index contributed by atoms with van der Waals surface area (Å²) in [7, 11) is -6.69. The maximum absolute atomic E-state index is 12.4. The number of rotatable bonds is 11. The smallest absolute Gasteiger partial charge is 0.178 e. The second kappa shape index (κ2) is 11.2. The number of hydrogen-bond donors (Lipinski definition) is 0. The van der Waals surface area contributed by atoms with Crippen LogP contribution >= 0.6 is 11.6 Å². The molecule has 2 aromatic rings. The van der Waals surface area contributed by atoms with Gasteiger partial charge in [0.15, 0.2) is 9.84 Å². The molecule has 0 unspecified atom stereocenters. The van der Waals surface area contributed by atoms with Crippen molar-refractivity contribution in [2.24, 2.45) is 11.8 Å². The summed E-state index contributed by atoms with van der Waals surface area (Å²) < 4.78 is 53.2. The summed E-state index contributed by atoms with van der Waals surface area (Å²) in [5.74, 6) is 1.23. The molecule has 33 heavy (non-hydrogen) atoms. The number of likely N-dealkylation sites (tertiary alicyclic amines) is 1. The van der Waals surface area contributed by atoms with E-state index in [9.17, 15) is 16.8 Å². The van der Waals surface area contributed by atoms with E-state index in [1.807, 2.05) is 18.2 Å². The number of hydrogen-bond acceptors (Lipinski definition) is 6. The van der Waals surface area contributed by atoms with E-state index in [1.54, 1.807) is 12.1 Å². The molecule has 2 aromatic carbocycles. The molecular formula is C24H32ClNO5S2. The fraction of sp³-hybridized carbons (Fsp3) is 0.500. The highest BCUT2D eigenvalue weighted by Gasteiger charge is 2.29. The molecule has 9 heteroatoms. The van der Waals surface area contributed by atoms with E-state index in [-0.39, 0.29) is 22.8 Å². The van der Waals surface area contributed by atoms with Crippen molar-refractivity contribution in [2.45, 2.75) is 24.7 Å². The van der Waals surface area contributed by atoms with Gasteiger partial charge in [0, 0.05) is 36.8 Å². The van der Waals surface area contributed by atoms with Gasteiger partial charge in [0.25, 0.3) is 0 Å². The molecule has 1 saturated heterocycles. The van der Waals surface area contributed by atoms with E-state index < -0.39 is 19.7 Å². The predicted octanol–water partition coefficient (Wildman–Crippen LogP) is 3.74. The molecule has 0 bridgehead atoms. The summed E-state index contributed by atoms with van der Waals surface area (Å²) in [5, 5.41) is 0.765. The summed E-state index contributed by atoms with van der Waals surface area (Å²) in [6.07, 6.45) is 2.16. The highest BCUT2D eigenvalue weighted by atomic mass is 35.5. The minimum absolute atomic E-state index is 0.0901. The number of halogens is 1. The third kappa shape index (κ3) is 8.28. The molecule has 1 fully saturated rings. The van der Waals surface area contributed by atoms with Gasteiger partial charge in [-0.15, -0.1) is 0 Å². The van der Waals surface area contributed by atoms with Gasteiger partial charge in [0.2, 0.25) is 0 Å². The first-order valence-corrected chi connectivity index (χ1v) is 15.2. The van der Waals surface area contributed by atoms with Gasteiger partial charge in [0.1, 0.15) is 15.6 Å². The number of benzene rings is 2. The second-order valence-electron chi connectivity index (χ2n) is 8.96. The van der Waals surface area contributed by atoms with Crippen LogP contribution in [0.3, 0.4) is 0 Å². The van der Waals surface area contributed by atoms with Crippen LogP contribution < -0.4 is 4.74 Å². The Morgan fingerprint density at radius 1 is 1.03 bits per heavy atom. The molecule has 0 aromatic heterocycles. The molecule has 0 aliphatic carbocycles. The van der Waals surface area contributed by atoms with Gasteiger partial charge in [-0.3, -0.25) is 0 Å². The first-order chi connectivity index (χ1) is 15.5. The maximum Gasteiger partial charge on any atom is 0.178 e. The minimum atomic E-state index is -3.51. The lowest BCUT2D eigenvalue weighted by Gasteiger charge is -2.17. The van der Waals surface area contributed by atoms with E-state index in [0.717, 1.165) is 37.3 Å². The van der Waals surface area contributed by atoms with E-state index in [0.29, 0.717) is 24.2 Å². The van der Waals surface area contributed by atoms with E-state index in [4.69, 9.17) is 16.3 Å². The topological polar surface area (TPSA) is 80.8 Å². The lowest BCUT2D eigenvalue weighted by molar-refractivity contribution is 0.225. The SMILES string of the molecule is C[C@H]1CN(CCc2cccc(Cl)c2)C[C@@H]1COc1ccc(S(=O)(=O)CCCS(C)(=O)=O)cc1. The van der Waals surface area contributed by atoms with Crippen molar-refractivity contribution < 1.29 is 21.6 Å². The third-order valence-electron chi connectivity index (χ3n) is 6.02. The Balaban J connectivity index is 1.46. The number of sulfone groups is 2. The normalized spacial score (nSPS) is 19.6. The summed E-state index contributed by atoms with van der Waals surface area (Å²) in [4.78, 5) is 2.64. The van der Waals surface area contributed by atoms with Crippen molar-refractivity contribution in [3.63, 3.8) is 0 Å². The van der Waals surface area contributed by atoms with Gasteiger partial charge in [-0.2, -0.15) is 0 Å². The highest BCUT2D eigenvalue weighted by molar-refractivity contribution is 7.92. The molecule has 0 N–H and O–H groups in total. The van der Waals surface area contributed by atoms with Gasteiger partial charge < -0.3 is 9.64 Å². The minimum Gasteiger partial charge on any atom is -0.493 e. The number of ether oxygens (including phenoxy) is 1. The van der Waals surface area contributed by atoms with Crippen molar-refractivity contribution in [3.05, 3.63) is 59.1 Å². The standard InChI is InChI=1S/C24H32ClNO5S2/c1-19-16-26(12-11-20-5-3-6-22(25)15-20)17-21(19)18-31-23-7-9-24(10-8-23)33(29,30)14-4-13-32(2,27)28/h3,5-10,15,19,21H,4,11-14,16-18H2,1-2H3/t19-,21+/m0/s1. The van der Waals surface area contributed by atoms with Gasteiger partial charge >= 0.3 is 0 Å². The van der Waals surface area contributed by atoms with Crippen molar-refractivity contribution in [1.82, 2.24) is 4.90 Å². The molecule has 1 aliphatic rings. The largest absolute Gasteiger partial charge is 0.493 e. The van der Waals surface area contributed by atoms with Gasteiger partial charge in [-0.25, -0.2) is 16.8 Å². The molecule has 182 valence electrons. The van der Waals surface area contributed by atoms with Gasteiger partial charge in [-0.05, 0) is 60.7 Å². The van der Waals surface area contributed by atoms with Crippen LogP contribution in [0, 0.1) is 11.8 Å². The van der Waals surface area contributed by atoms with Crippen LogP contribution in [-0.2, 0) is 26.1 Å². The lowest BCUT2D eigenvalue weighted by Crippen LogP contribution is -2.24. The van der Waals surface area contributed by atoms with Crippen LogP contribution in [-0.4, -0.2) is 65.7 Å². The Hall–Kier alpha value is -1.61. The van der Waals surface area contributed by atoms with E-state index >= 15 is 0 Å². The van der Waals surface area contributed by atoms with Crippen LogP contribution in [0.5, 0.6) is 5.75 Å². The predicted molar refractivity (Wildman–Crippen MR) is 133 cm³/mol. The van der Waals surface area contributed by atoms with Crippen LogP contribution in [0.15, 0.2) is 53.4 Å². The Morgan fingerprint density at radius 3 is 2.42 bits per heavy atom. The van der Waals surface area contributed by atoms with Crippen LogP contribution in [0.2, 0.25) is 5.02 Å². The van der Waals surface area contributed by atoms with Crippen molar-refractivity contribution in [3.8, 4) is 5.75 Å². The Morgan fingerprint density at radius 2 is 1.76 bits per heavy atom. The highest BCUT2D eigenvalue weighted by Crippen LogP contribution is 2.25. The fourth-order valence-electron chi connectivity index (χ4n) is 4.10. The van der Waals surface area contributed by atoms with Crippen molar-refractivity contribution >= 4 is 31.3 Å². The Kier molecular flexibility index (Phi) is 8.83. The Labute approximate surface area is 202 Å². The van der Waals surface area contributed by atoms with Gasteiger partial charge in [-0.1, -0.05) is 30.7 Å². The van der Waals surface area contributed by atoms with Crippen LogP contribution in [0.1, 0.15) is 18.9 Å². The zero-order chi connectivity index (χ0) is 24.1. The van der Waals surface area contributed by atoms with E-state index in [2.05, 4.69) is 17.9 Å². The zero-order valence-electron chi connectivity index (χ0n) is 19.1. The first kappa shape index (κ1) is 26.0. The lowest BCUT2D eigenvalue weighted by atomic mass is 9.99. The zero-order valence-corrected chi connectivity index (χ0v) is 21.5. The molecule has 1 heterocycles. The number of nitrogens with zero attached hydrogens (tertiary/aromatic N) is 1. The molecule has 0 saturated carbocycles. The van der Waals surface area contributed by atoms with Gasteiger partial charge in [0.05, 0.1) is 23.0 Å². The molecule has 0 spiro atoms. The monoisotopic (exact) mass is 513 g/mol. The molecule has 3 rings (SSSR count). The average molecular weight is 514 g/mol. The Bertz CT molecular complexity index is 1130. The molecule has 2 atom stereocenters. The molecule has 0 radical (unpaired) electrons. The maximum atomic E-state index is 12.4. The second-order valence-corrected chi connectivity index (χ2v) is 13.8. The van der Waals surface area contributed by atoms with Crippen LogP contribution in [0.25, 0.3) is 0 Å². The first-order valence-electron chi connectivity index (χ1n) is 11.1. The average Bonchev–Trinajstić information content (AvgIpc) is 3.09. The summed E-state index contributed by atoms with van der Waals surface area (Å²) in [6, 6.07) is 14.4.